The zero-order valence-electron chi connectivity index (χ0n) is 14.1. The van der Waals surface area contributed by atoms with E-state index in [0.717, 1.165) is 15.9 Å². The fourth-order valence-corrected chi connectivity index (χ4v) is 3.08. The fourth-order valence-electron chi connectivity index (χ4n) is 2.84. The van der Waals surface area contributed by atoms with Gasteiger partial charge in [0, 0.05) is 22.4 Å². The van der Waals surface area contributed by atoms with Gasteiger partial charge in [0.05, 0.1) is 24.1 Å². The van der Waals surface area contributed by atoms with Crippen LogP contribution < -0.4 is 0 Å². The van der Waals surface area contributed by atoms with Crippen molar-refractivity contribution in [2.45, 2.75) is 20.4 Å². The number of hydrogen-bond acceptors (Lipinski definition) is 5. The van der Waals surface area contributed by atoms with Gasteiger partial charge in [0.25, 0.3) is 0 Å². The van der Waals surface area contributed by atoms with Gasteiger partial charge in [0.1, 0.15) is 23.0 Å². The molecular weight excluding hydrogens is 399 g/mol. The van der Waals surface area contributed by atoms with Gasteiger partial charge in [-0.3, -0.25) is 9.97 Å². The molecule has 0 radical (unpaired) electrons. The van der Waals surface area contributed by atoms with Crippen LogP contribution in [0.5, 0.6) is 0 Å². The minimum atomic E-state index is -0.415. The monoisotopic (exact) mass is 412 g/mol. The molecule has 130 valence electrons. The predicted octanol–water partition coefficient (Wildman–Crippen LogP) is 3.85. The van der Waals surface area contributed by atoms with Crippen molar-refractivity contribution in [3.63, 3.8) is 0 Å². The van der Waals surface area contributed by atoms with Gasteiger partial charge < -0.3 is 4.57 Å². The van der Waals surface area contributed by atoms with Crippen molar-refractivity contribution in [2.24, 2.45) is 0 Å². The summed E-state index contributed by atoms with van der Waals surface area (Å²) in [5.41, 5.74) is 3.58. The van der Waals surface area contributed by atoms with E-state index < -0.39 is 5.82 Å². The average Bonchev–Trinajstić information content (AvgIpc) is 2.96. The molecule has 4 aromatic rings. The minimum Gasteiger partial charge on any atom is -0.302 e. The smallest absolute Gasteiger partial charge is 0.164 e. The lowest BCUT2D eigenvalue weighted by atomic mass is 10.2. The number of aryl methyl sites for hydroxylation is 2. The number of halogens is 2. The first-order chi connectivity index (χ1) is 12.5. The summed E-state index contributed by atoms with van der Waals surface area (Å²) in [6.07, 6.45) is 4.50. The molecule has 0 spiro atoms. The third-order valence-corrected chi connectivity index (χ3v) is 4.42. The highest BCUT2D eigenvalue weighted by atomic mass is 79.9. The maximum absolute atomic E-state index is 13.7. The Hall–Kier alpha value is -2.74. The van der Waals surface area contributed by atoms with Crippen LogP contribution in [0.1, 0.15) is 17.2 Å². The van der Waals surface area contributed by atoms with E-state index in [1.54, 1.807) is 12.4 Å². The summed E-state index contributed by atoms with van der Waals surface area (Å²) >= 11 is 3.39. The van der Waals surface area contributed by atoms with Gasteiger partial charge in [0.2, 0.25) is 0 Å². The Balaban J connectivity index is 1.95. The average molecular weight is 413 g/mol. The van der Waals surface area contributed by atoms with Crippen molar-refractivity contribution in [3.05, 3.63) is 64.3 Å². The molecule has 0 saturated heterocycles. The summed E-state index contributed by atoms with van der Waals surface area (Å²) in [5, 5.41) is 0. The van der Waals surface area contributed by atoms with Gasteiger partial charge in [0.15, 0.2) is 5.65 Å². The lowest BCUT2D eigenvalue weighted by Crippen LogP contribution is -2.06. The number of fused-ring (bicyclic) bond motifs is 1. The van der Waals surface area contributed by atoms with Crippen molar-refractivity contribution in [1.82, 2.24) is 29.5 Å². The van der Waals surface area contributed by atoms with Crippen molar-refractivity contribution in [3.8, 4) is 11.4 Å². The van der Waals surface area contributed by atoms with Crippen LogP contribution in [0.2, 0.25) is 0 Å². The van der Waals surface area contributed by atoms with E-state index in [-0.39, 0.29) is 0 Å². The molecule has 26 heavy (non-hydrogen) atoms. The van der Waals surface area contributed by atoms with Gasteiger partial charge in [-0.2, -0.15) is 0 Å². The summed E-state index contributed by atoms with van der Waals surface area (Å²) in [7, 11) is 0. The van der Waals surface area contributed by atoms with E-state index in [4.69, 9.17) is 0 Å². The fraction of sp³-hybridized carbons (Fsp3) is 0.167. The highest BCUT2D eigenvalue weighted by Crippen LogP contribution is 2.26. The zero-order valence-corrected chi connectivity index (χ0v) is 15.7. The number of nitrogens with zero attached hydrogens (tertiary/aromatic N) is 6. The maximum Gasteiger partial charge on any atom is 0.164 e. The van der Waals surface area contributed by atoms with Crippen LogP contribution in [0.3, 0.4) is 0 Å². The quantitative estimate of drug-likeness (QED) is 0.511. The van der Waals surface area contributed by atoms with Crippen LogP contribution in [0.25, 0.3) is 22.6 Å². The van der Waals surface area contributed by atoms with Gasteiger partial charge in [-0.05, 0) is 48.0 Å². The third-order valence-electron chi connectivity index (χ3n) is 3.95. The number of rotatable bonds is 3. The molecular formula is C18H14BrFN6. The molecule has 0 N–H and O–H groups in total. The van der Waals surface area contributed by atoms with Crippen LogP contribution >= 0.6 is 15.9 Å². The molecule has 0 aliphatic carbocycles. The number of pyridine rings is 2. The molecule has 4 rings (SSSR count). The summed E-state index contributed by atoms with van der Waals surface area (Å²) in [4.78, 5) is 22.0. The van der Waals surface area contributed by atoms with Crippen LogP contribution in [-0.2, 0) is 6.54 Å². The lowest BCUT2D eigenvalue weighted by molar-refractivity contribution is 0.621. The molecule has 0 aromatic carbocycles. The van der Waals surface area contributed by atoms with Gasteiger partial charge in [-0.1, -0.05) is 0 Å². The Morgan fingerprint density at radius 2 is 1.92 bits per heavy atom. The molecule has 0 aliphatic rings. The third kappa shape index (κ3) is 3.08. The van der Waals surface area contributed by atoms with Crippen LogP contribution in [0, 0.1) is 19.7 Å². The molecule has 0 atom stereocenters. The number of aromatic nitrogens is 6. The van der Waals surface area contributed by atoms with Gasteiger partial charge >= 0.3 is 0 Å². The van der Waals surface area contributed by atoms with E-state index in [1.165, 1.54) is 12.3 Å². The zero-order chi connectivity index (χ0) is 18.3. The van der Waals surface area contributed by atoms with Crippen molar-refractivity contribution < 1.29 is 4.39 Å². The first kappa shape index (κ1) is 16.7. The first-order valence-corrected chi connectivity index (χ1v) is 8.73. The van der Waals surface area contributed by atoms with E-state index in [9.17, 15) is 4.39 Å². The van der Waals surface area contributed by atoms with E-state index >= 15 is 0 Å². The second kappa shape index (κ2) is 6.53. The van der Waals surface area contributed by atoms with Crippen molar-refractivity contribution in [2.75, 3.05) is 0 Å². The lowest BCUT2D eigenvalue weighted by Gasteiger charge is -2.09. The summed E-state index contributed by atoms with van der Waals surface area (Å²) < 4.78 is 16.5. The van der Waals surface area contributed by atoms with E-state index in [0.29, 0.717) is 34.9 Å². The number of hydrogen-bond donors (Lipinski definition) is 0. The molecule has 0 aliphatic heterocycles. The Kier molecular flexibility index (Phi) is 4.20. The van der Waals surface area contributed by atoms with Crippen molar-refractivity contribution >= 4 is 27.1 Å². The molecule has 4 aromatic heterocycles. The first-order valence-electron chi connectivity index (χ1n) is 7.94. The van der Waals surface area contributed by atoms with Crippen molar-refractivity contribution in [1.29, 1.82) is 0 Å². The molecule has 0 bridgehead atoms. The normalized spacial score (nSPS) is 11.2. The van der Waals surface area contributed by atoms with Crippen LogP contribution in [0.15, 0.2) is 41.3 Å². The largest absolute Gasteiger partial charge is 0.302 e. The molecule has 6 nitrogen and oxygen atoms in total. The number of imidazole rings is 1. The Bertz CT molecular complexity index is 1110. The van der Waals surface area contributed by atoms with Crippen LogP contribution in [0.4, 0.5) is 4.39 Å². The van der Waals surface area contributed by atoms with E-state index in [2.05, 4.69) is 40.8 Å². The Morgan fingerprint density at radius 3 is 2.65 bits per heavy atom. The Labute approximate surface area is 157 Å². The summed E-state index contributed by atoms with van der Waals surface area (Å²) in [6.45, 7) is 4.18. The maximum atomic E-state index is 13.7. The minimum absolute atomic E-state index is 0.415. The van der Waals surface area contributed by atoms with Gasteiger partial charge in [-0.25, -0.2) is 19.3 Å². The topological polar surface area (TPSA) is 69.4 Å². The second-order valence-electron chi connectivity index (χ2n) is 5.91. The molecule has 4 heterocycles. The SMILES string of the molecule is Cc1nc(C)c2nc(-c3cncc(F)c3)n(Cc3ccc(Br)cn3)c2n1. The molecule has 0 fully saturated rings. The predicted molar refractivity (Wildman–Crippen MR) is 99.0 cm³/mol. The second-order valence-corrected chi connectivity index (χ2v) is 6.83. The molecule has 0 amide bonds. The van der Waals surface area contributed by atoms with E-state index in [1.807, 2.05) is 30.5 Å². The molecule has 0 unspecified atom stereocenters. The van der Waals surface area contributed by atoms with Gasteiger partial charge in [-0.15, -0.1) is 0 Å². The summed E-state index contributed by atoms with van der Waals surface area (Å²) in [5.74, 6) is 0.824. The van der Waals surface area contributed by atoms with Crippen LogP contribution in [-0.4, -0.2) is 29.5 Å². The Morgan fingerprint density at radius 1 is 1.08 bits per heavy atom. The summed E-state index contributed by atoms with van der Waals surface area (Å²) in [6, 6.07) is 5.26. The highest BCUT2D eigenvalue weighted by molar-refractivity contribution is 9.10. The molecule has 0 saturated carbocycles. The standard InChI is InChI=1S/C18H14BrFN6/c1-10-16-18(24-11(2)23-10)26(9-15-4-3-13(19)7-22-15)17(25-16)12-5-14(20)8-21-6-12/h3-8H,9H2,1-2H3. The highest BCUT2D eigenvalue weighted by Gasteiger charge is 2.18. The molecule has 8 heteroatoms.